The molecule has 2 rings (SSSR count). The highest BCUT2D eigenvalue weighted by Crippen LogP contribution is 2.33. The molecule has 0 saturated heterocycles. The van der Waals surface area contributed by atoms with Crippen molar-refractivity contribution in [1.82, 2.24) is 15.1 Å². The van der Waals surface area contributed by atoms with Crippen molar-refractivity contribution >= 4 is 15.9 Å². The van der Waals surface area contributed by atoms with Gasteiger partial charge in [0.2, 0.25) is 0 Å². The Kier molecular flexibility index (Phi) is 5.64. The van der Waals surface area contributed by atoms with E-state index in [9.17, 15) is 0 Å². The predicted molar refractivity (Wildman–Crippen MR) is 85.9 cm³/mol. The smallest absolute Gasteiger partial charge is 0.161 e. The summed E-state index contributed by atoms with van der Waals surface area (Å²) in [6, 6.07) is 3.91. The standard InChI is InChI=1S/C15H20BrN3O2/c1-19-10-11(8-18-19)4-5-17-9-12-6-14(20-2)15(21-3)7-13(12)16/h6-8,10,17H,4-5,9H2,1-3H3. The monoisotopic (exact) mass is 353 g/mol. The number of nitrogens with one attached hydrogen (secondary N) is 1. The number of hydrogen-bond donors (Lipinski definition) is 1. The molecule has 21 heavy (non-hydrogen) atoms. The van der Waals surface area contributed by atoms with Gasteiger partial charge in [-0.15, -0.1) is 0 Å². The lowest BCUT2D eigenvalue weighted by atomic mass is 10.2. The summed E-state index contributed by atoms with van der Waals surface area (Å²) in [7, 11) is 5.21. The number of rotatable bonds is 7. The molecule has 114 valence electrons. The molecule has 1 heterocycles. The van der Waals surface area contributed by atoms with Gasteiger partial charge in [0.05, 0.1) is 20.4 Å². The molecule has 1 aromatic carbocycles. The first kappa shape index (κ1) is 15.9. The maximum absolute atomic E-state index is 5.33. The zero-order chi connectivity index (χ0) is 15.2. The fourth-order valence-corrected chi connectivity index (χ4v) is 2.55. The van der Waals surface area contributed by atoms with Crippen LogP contribution in [-0.4, -0.2) is 30.5 Å². The number of nitrogens with zero attached hydrogens (tertiary/aromatic N) is 2. The number of ether oxygens (including phenoxy) is 2. The van der Waals surface area contributed by atoms with Gasteiger partial charge in [0.15, 0.2) is 11.5 Å². The van der Waals surface area contributed by atoms with E-state index in [1.165, 1.54) is 5.56 Å². The Balaban J connectivity index is 1.90. The lowest BCUT2D eigenvalue weighted by Crippen LogP contribution is -2.17. The molecule has 0 bridgehead atoms. The maximum Gasteiger partial charge on any atom is 0.161 e. The molecule has 6 heteroatoms. The Labute approximate surface area is 133 Å². The summed E-state index contributed by atoms with van der Waals surface area (Å²) in [5.41, 5.74) is 2.37. The minimum atomic E-state index is 0.725. The van der Waals surface area contributed by atoms with Gasteiger partial charge in [0.25, 0.3) is 0 Å². The van der Waals surface area contributed by atoms with E-state index in [2.05, 4.69) is 26.3 Å². The summed E-state index contributed by atoms with van der Waals surface area (Å²) in [5.74, 6) is 1.47. The van der Waals surface area contributed by atoms with E-state index in [-0.39, 0.29) is 0 Å². The van der Waals surface area contributed by atoms with Crippen molar-refractivity contribution in [3.05, 3.63) is 40.1 Å². The van der Waals surface area contributed by atoms with Crippen LogP contribution in [0.5, 0.6) is 11.5 Å². The Hall–Kier alpha value is -1.53. The van der Waals surface area contributed by atoms with Crippen LogP contribution in [0.3, 0.4) is 0 Å². The fraction of sp³-hybridized carbons (Fsp3) is 0.400. The molecular formula is C15H20BrN3O2. The number of halogens is 1. The lowest BCUT2D eigenvalue weighted by Gasteiger charge is -2.12. The molecule has 0 aliphatic heterocycles. The summed E-state index contributed by atoms with van der Waals surface area (Å²) in [6.07, 6.45) is 4.89. The van der Waals surface area contributed by atoms with Crippen molar-refractivity contribution < 1.29 is 9.47 Å². The molecule has 0 aliphatic carbocycles. The molecule has 0 amide bonds. The molecule has 0 fully saturated rings. The van der Waals surface area contributed by atoms with Gasteiger partial charge in [-0.2, -0.15) is 5.10 Å². The minimum Gasteiger partial charge on any atom is -0.493 e. The summed E-state index contributed by atoms with van der Waals surface area (Å²) < 4.78 is 13.4. The fourth-order valence-electron chi connectivity index (χ4n) is 2.09. The Morgan fingerprint density at radius 1 is 1.24 bits per heavy atom. The summed E-state index contributed by atoms with van der Waals surface area (Å²) >= 11 is 3.56. The van der Waals surface area contributed by atoms with Gasteiger partial charge in [0, 0.05) is 24.3 Å². The second-order valence-corrected chi connectivity index (χ2v) is 5.60. The molecule has 5 nitrogen and oxygen atoms in total. The van der Waals surface area contributed by atoms with Gasteiger partial charge in [0.1, 0.15) is 0 Å². The van der Waals surface area contributed by atoms with Crippen molar-refractivity contribution in [2.24, 2.45) is 7.05 Å². The van der Waals surface area contributed by atoms with Crippen LogP contribution < -0.4 is 14.8 Å². The highest BCUT2D eigenvalue weighted by Gasteiger charge is 2.09. The van der Waals surface area contributed by atoms with Crippen LogP contribution in [0.25, 0.3) is 0 Å². The Morgan fingerprint density at radius 2 is 1.95 bits per heavy atom. The van der Waals surface area contributed by atoms with Crippen molar-refractivity contribution in [1.29, 1.82) is 0 Å². The quantitative estimate of drug-likeness (QED) is 0.777. The van der Waals surface area contributed by atoms with Crippen LogP contribution in [-0.2, 0) is 20.0 Å². The van der Waals surface area contributed by atoms with Crippen LogP contribution in [0.2, 0.25) is 0 Å². The highest BCUT2D eigenvalue weighted by molar-refractivity contribution is 9.10. The van der Waals surface area contributed by atoms with Crippen molar-refractivity contribution in [2.75, 3.05) is 20.8 Å². The highest BCUT2D eigenvalue weighted by atomic mass is 79.9. The molecular weight excluding hydrogens is 334 g/mol. The van der Waals surface area contributed by atoms with E-state index in [4.69, 9.17) is 9.47 Å². The Bertz CT molecular complexity index is 599. The summed E-state index contributed by atoms with van der Waals surface area (Å²) in [4.78, 5) is 0. The topological polar surface area (TPSA) is 48.3 Å². The third kappa shape index (κ3) is 4.22. The van der Waals surface area contributed by atoms with Gasteiger partial charge < -0.3 is 14.8 Å². The van der Waals surface area contributed by atoms with E-state index in [1.54, 1.807) is 14.2 Å². The van der Waals surface area contributed by atoms with Gasteiger partial charge in [-0.1, -0.05) is 15.9 Å². The van der Waals surface area contributed by atoms with Crippen molar-refractivity contribution in [3.8, 4) is 11.5 Å². The number of aromatic nitrogens is 2. The molecule has 0 radical (unpaired) electrons. The normalized spacial score (nSPS) is 10.7. The van der Waals surface area contributed by atoms with Crippen LogP contribution in [0.4, 0.5) is 0 Å². The van der Waals surface area contributed by atoms with Crippen LogP contribution >= 0.6 is 15.9 Å². The van der Waals surface area contributed by atoms with Crippen molar-refractivity contribution in [3.63, 3.8) is 0 Å². The first-order valence-electron chi connectivity index (χ1n) is 6.72. The van der Waals surface area contributed by atoms with Gasteiger partial charge in [-0.05, 0) is 36.2 Å². The number of methoxy groups -OCH3 is 2. The largest absolute Gasteiger partial charge is 0.493 e. The number of benzene rings is 1. The zero-order valence-corrected chi connectivity index (χ0v) is 14.1. The first-order valence-corrected chi connectivity index (χ1v) is 7.52. The third-order valence-electron chi connectivity index (χ3n) is 3.22. The second kappa shape index (κ2) is 7.47. The van der Waals surface area contributed by atoms with Crippen LogP contribution in [0.1, 0.15) is 11.1 Å². The average molecular weight is 354 g/mol. The van der Waals surface area contributed by atoms with E-state index >= 15 is 0 Å². The average Bonchev–Trinajstić information content (AvgIpc) is 2.90. The van der Waals surface area contributed by atoms with Gasteiger partial charge >= 0.3 is 0 Å². The molecule has 0 atom stereocenters. The molecule has 1 N–H and O–H groups in total. The van der Waals surface area contributed by atoms with E-state index < -0.39 is 0 Å². The first-order chi connectivity index (χ1) is 10.1. The SMILES string of the molecule is COc1cc(Br)c(CNCCc2cnn(C)c2)cc1OC. The predicted octanol–water partition coefficient (Wildman–Crippen LogP) is 2.53. The van der Waals surface area contributed by atoms with Crippen LogP contribution in [0, 0.1) is 0 Å². The van der Waals surface area contributed by atoms with E-state index in [1.807, 2.05) is 36.3 Å². The van der Waals surface area contributed by atoms with E-state index in [0.29, 0.717) is 0 Å². The maximum atomic E-state index is 5.33. The van der Waals surface area contributed by atoms with Crippen molar-refractivity contribution in [2.45, 2.75) is 13.0 Å². The van der Waals surface area contributed by atoms with Gasteiger partial charge in [-0.25, -0.2) is 0 Å². The molecule has 2 aromatic rings. The number of hydrogen-bond acceptors (Lipinski definition) is 4. The molecule has 1 aromatic heterocycles. The molecule has 0 saturated carbocycles. The summed E-state index contributed by atoms with van der Waals surface area (Å²) in [5, 5.41) is 7.59. The summed E-state index contributed by atoms with van der Waals surface area (Å²) in [6.45, 7) is 1.66. The van der Waals surface area contributed by atoms with E-state index in [0.717, 1.165) is 41.0 Å². The van der Waals surface area contributed by atoms with Crippen LogP contribution in [0.15, 0.2) is 29.0 Å². The molecule has 0 unspecified atom stereocenters. The second-order valence-electron chi connectivity index (χ2n) is 4.75. The Morgan fingerprint density at radius 3 is 2.57 bits per heavy atom. The molecule has 0 aliphatic rings. The third-order valence-corrected chi connectivity index (χ3v) is 3.96. The zero-order valence-electron chi connectivity index (χ0n) is 12.5. The molecule has 0 spiro atoms. The minimum absolute atomic E-state index is 0.725. The lowest BCUT2D eigenvalue weighted by molar-refractivity contribution is 0.354. The van der Waals surface area contributed by atoms with Gasteiger partial charge in [-0.3, -0.25) is 4.68 Å². The number of aryl methyl sites for hydroxylation is 1.